The summed E-state index contributed by atoms with van der Waals surface area (Å²) < 4.78 is 2.00. The van der Waals surface area contributed by atoms with Gasteiger partial charge in [-0.3, -0.25) is 9.59 Å². The van der Waals surface area contributed by atoms with Crippen molar-refractivity contribution in [1.29, 1.82) is 0 Å². The highest BCUT2D eigenvalue weighted by molar-refractivity contribution is 6.30. The van der Waals surface area contributed by atoms with E-state index >= 15 is 0 Å². The maximum Gasteiger partial charge on any atom is 0.249 e. The zero-order valence-electron chi connectivity index (χ0n) is 21.3. The molecule has 7 heteroatoms. The molecule has 2 aromatic carbocycles. The van der Waals surface area contributed by atoms with Gasteiger partial charge in [0, 0.05) is 47.7 Å². The summed E-state index contributed by atoms with van der Waals surface area (Å²) in [4.78, 5) is 28.3. The van der Waals surface area contributed by atoms with Crippen molar-refractivity contribution in [3.63, 3.8) is 0 Å². The topological polar surface area (TPSA) is 74.6 Å². The molecule has 0 radical (unpaired) electrons. The molecule has 6 nitrogen and oxygen atoms in total. The van der Waals surface area contributed by atoms with E-state index in [1.165, 1.54) is 0 Å². The smallest absolute Gasteiger partial charge is 0.249 e. The number of piperidine rings is 1. The van der Waals surface area contributed by atoms with Gasteiger partial charge in [0.25, 0.3) is 0 Å². The van der Waals surface area contributed by atoms with Gasteiger partial charge in [-0.15, -0.1) is 0 Å². The number of aromatic nitrogens is 1. The Morgan fingerprint density at radius 1 is 1.17 bits per heavy atom. The average molecular weight is 508 g/mol. The first-order valence-electron chi connectivity index (χ1n) is 12.2. The molecule has 36 heavy (non-hydrogen) atoms. The number of nitrogens with one attached hydrogen (secondary N) is 1. The standard InChI is InChI=1S/C29H34ClN3O3/c1-19(2)26(31-25(34)16-20-17-32(5)24-9-7-6-8-23(20)24)27(35)33-15-14-29(36,28(3,4)18-33)21-10-12-22(30)13-11-21/h6-13,17,26,36H,1,14-16,18H2,2-5H3,(H,31,34)/t26-,29+/m1/s1. The first-order chi connectivity index (χ1) is 16.9. The van der Waals surface area contributed by atoms with Crippen LogP contribution in [-0.4, -0.2) is 45.5 Å². The van der Waals surface area contributed by atoms with Crippen LogP contribution < -0.4 is 5.32 Å². The average Bonchev–Trinajstić information content (AvgIpc) is 3.14. The molecule has 2 heterocycles. The van der Waals surface area contributed by atoms with Gasteiger partial charge in [0.05, 0.1) is 12.0 Å². The van der Waals surface area contributed by atoms with E-state index in [1.54, 1.807) is 24.0 Å². The Labute approximate surface area is 217 Å². The van der Waals surface area contributed by atoms with Crippen LogP contribution in [0.3, 0.4) is 0 Å². The Morgan fingerprint density at radius 3 is 2.47 bits per heavy atom. The van der Waals surface area contributed by atoms with Crippen molar-refractivity contribution in [1.82, 2.24) is 14.8 Å². The molecule has 0 saturated carbocycles. The highest BCUT2D eigenvalue weighted by Gasteiger charge is 2.50. The number of benzene rings is 2. The van der Waals surface area contributed by atoms with Crippen molar-refractivity contribution in [3.8, 4) is 0 Å². The molecule has 190 valence electrons. The van der Waals surface area contributed by atoms with E-state index in [4.69, 9.17) is 11.6 Å². The van der Waals surface area contributed by atoms with Crippen LogP contribution in [-0.2, 0) is 28.7 Å². The molecule has 4 rings (SSSR count). The Balaban J connectivity index is 1.48. The van der Waals surface area contributed by atoms with Gasteiger partial charge in [0.15, 0.2) is 0 Å². The molecule has 1 aromatic heterocycles. The second-order valence-corrected chi connectivity index (χ2v) is 11.0. The fourth-order valence-corrected chi connectivity index (χ4v) is 5.43. The second-order valence-electron chi connectivity index (χ2n) is 10.6. The number of carbonyl (C=O) groups is 2. The molecule has 2 atom stereocenters. The first-order valence-corrected chi connectivity index (χ1v) is 12.6. The Hall–Kier alpha value is -3.09. The number of para-hydroxylation sites is 1. The van der Waals surface area contributed by atoms with Crippen LogP contribution >= 0.6 is 11.6 Å². The number of aliphatic hydroxyl groups is 1. The number of fused-ring (bicyclic) bond motifs is 1. The fourth-order valence-electron chi connectivity index (χ4n) is 5.30. The summed E-state index contributed by atoms with van der Waals surface area (Å²) in [5.41, 5.74) is 1.58. The minimum absolute atomic E-state index is 0.167. The lowest BCUT2D eigenvalue weighted by Crippen LogP contribution is -2.60. The van der Waals surface area contributed by atoms with Crippen molar-refractivity contribution in [2.24, 2.45) is 12.5 Å². The predicted octanol–water partition coefficient (Wildman–Crippen LogP) is 4.58. The second kappa shape index (κ2) is 9.75. The van der Waals surface area contributed by atoms with Crippen molar-refractivity contribution >= 4 is 34.3 Å². The Kier molecular flexibility index (Phi) is 7.04. The van der Waals surface area contributed by atoms with Crippen molar-refractivity contribution in [2.45, 2.75) is 45.3 Å². The van der Waals surface area contributed by atoms with Gasteiger partial charge in [-0.05, 0) is 48.2 Å². The van der Waals surface area contributed by atoms with E-state index in [0.717, 1.165) is 22.0 Å². The highest BCUT2D eigenvalue weighted by atomic mass is 35.5. The number of rotatable bonds is 6. The molecule has 2 N–H and O–H groups in total. The summed E-state index contributed by atoms with van der Waals surface area (Å²) in [5.74, 6) is -0.443. The van der Waals surface area contributed by atoms with Crippen molar-refractivity contribution < 1.29 is 14.7 Å². The summed E-state index contributed by atoms with van der Waals surface area (Å²) in [6.07, 6.45) is 2.49. The zero-order chi connectivity index (χ0) is 26.3. The molecule has 0 unspecified atom stereocenters. The number of carbonyl (C=O) groups excluding carboxylic acids is 2. The van der Waals surface area contributed by atoms with Crippen LogP contribution in [0.5, 0.6) is 0 Å². The van der Waals surface area contributed by atoms with Gasteiger partial charge in [-0.2, -0.15) is 0 Å². The third-order valence-electron chi connectivity index (χ3n) is 7.46. The van der Waals surface area contributed by atoms with E-state index < -0.39 is 17.1 Å². The molecule has 0 spiro atoms. The van der Waals surface area contributed by atoms with Gasteiger partial charge < -0.3 is 19.9 Å². The minimum Gasteiger partial charge on any atom is -0.384 e. The maximum atomic E-state index is 13.6. The molecule has 2 amide bonds. The number of aryl methyl sites for hydroxylation is 1. The van der Waals surface area contributed by atoms with E-state index in [2.05, 4.69) is 11.9 Å². The molecule has 0 aliphatic carbocycles. The van der Waals surface area contributed by atoms with Crippen LogP contribution in [0.25, 0.3) is 10.9 Å². The monoisotopic (exact) mass is 507 g/mol. The van der Waals surface area contributed by atoms with E-state index in [0.29, 0.717) is 30.1 Å². The summed E-state index contributed by atoms with van der Waals surface area (Å²) in [6.45, 7) is 10.3. The lowest BCUT2D eigenvalue weighted by Gasteiger charge is -2.51. The zero-order valence-corrected chi connectivity index (χ0v) is 22.1. The lowest BCUT2D eigenvalue weighted by molar-refractivity contribution is -0.155. The van der Waals surface area contributed by atoms with Gasteiger partial charge in [0.1, 0.15) is 6.04 Å². The number of hydrogen-bond donors (Lipinski definition) is 2. The molecule has 3 aromatic rings. The quantitative estimate of drug-likeness (QED) is 0.479. The molecule has 0 bridgehead atoms. The third-order valence-corrected chi connectivity index (χ3v) is 7.71. The van der Waals surface area contributed by atoms with Crippen molar-refractivity contribution in [3.05, 3.63) is 83.0 Å². The molecule has 1 aliphatic rings. The first kappa shape index (κ1) is 26.0. The van der Waals surface area contributed by atoms with E-state index in [-0.39, 0.29) is 18.2 Å². The summed E-state index contributed by atoms with van der Waals surface area (Å²) in [6, 6.07) is 14.3. The van der Waals surface area contributed by atoms with Gasteiger partial charge in [-0.25, -0.2) is 0 Å². The number of likely N-dealkylation sites (tertiary alicyclic amines) is 1. The molecule has 1 fully saturated rings. The predicted molar refractivity (Wildman–Crippen MR) is 144 cm³/mol. The van der Waals surface area contributed by atoms with Crippen LogP contribution in [0, 0.1) is 5.41 Å². The van der Waals surface area contributed by atoms with Crippen LogP contribution in [0.15, 0.2) is 66.9 Å². The Bertz CT molecular complexity index is 1310. The summed E-state index contributed by atoms with van der Waals surface area (Å²) in [5, 5.41) is 16.2. The normalized spacial score (nSPS) is 20.2. The number of hydrogen-bond acceptors (Lipinski definition) is 3. The molecule has 1 saturated heterocycles. The van der Waals surface area contributed by atoms with Crippen molar-refractivity contribution in [2.75, 3.05) is 13.1 Å². The molecular weight excluding hydrogens is 474 g/mol. The van der Waals surface area contributed by atoms with Crippen LogP contribution in [0.1, 0.15) is 38.3 Å². The Morgan fingerprint density at radius 2 is 1.83 bits per heavy atom. The molecule has 1 aliphatic heterocycles. The number of halogens is 1. The van der Waals surface area contributed by atoms with Crippen LogP contribution in [0.4, 0.5) is 0 Å². The molecular formula is C29H34ClN3O3. The number of amides is 2. The van der Waals surface area contributed by atoms with Gasteiger partial charge in [0.2, 0.25) is 11.8 Å². The minimum atomic E-state index is -1.11. The lowest BCUT2D eigenvalue weighted by atomic mass is 9.66. The SMILES string of the molecule is C=C(C)[C@@H](NC(=O)Cc1cn(C)c2ccccc12)C(=O)N1CC[C@](O)(c2ccc(Cl)cc2)C(C)(C)C1. The number of nitrogens with zero attached hydrogens (tertiary/aromatic N) is 2. The van der Waals surface area contributed by atoms with Gasteiger partial charge >= 0.3 is 0 Å². The highest BCUT2D eigenvalue weighted by Crippen LogP contribution is 2.46. The van der Waals surface area contributed by atoms with Gasteiger partial charge in [-0.1, -0.05) is 62.4 Å². The maximum absolute atomic E-state index is 13.6. The largest absolute Gasteiger partial charge is 0.384 e. The fraction of sp³-hybridized carbons (Fsp3) is 0.379. The van der Waals surface area contributed by atoms with E-state index in [9.17, 15) is 14.7 Å². The van der Waals surface area contributed by atoms with Crippen LogP contribution in [0.2, 0.25) is 5.02 Å². The third kappa shape index (κ3) is 4.80. The summed E-state index contributed by atoms with van der Waals surface area (Å²) >= 11 is 6.04. The summed E-state index contributed by atoms with van der Waals surface area (Å²) in [7, 11) is 1.95. The van der Waals surface area contributed by atoms with E-state index in [1.807, 2.05) is 68.1 Å².